The highest BCUT2D eigenvalue weighted by atomic mass is 35.5. The van der Waals surface area contributed by atoms with Crippen molar-refractivity contribution in [1.82, 2.24) is 9.88 Å². The number of nitrogens with zero attached hydrogens (tertiary/aromatic N) is 3. The van der Waals surface area contributed by atoms with Crippen molar-refractivity contribution < 1.29 is 18.6 Å². The number of fused-ring (bicyclic) bond motifs is 1. The Morgan fingerprint density at radius 3 is 2.70 bits per heavy atom. The molecule has 3 aromatic carbocycles. The number of alkyl halides is 1. The summed E-state index contributed by atoms with van der Waals surface area (Å²) in [6, 6.07) is 20.0. The summed E-state index contributed by atoms with van der Waals surface area (Å²) in [6.07, 6.45) is 5.51. The molecule has 4 aromatic rings. The van der Waals surface area contributed by atoms with Crippen LogP contribution in [0.5, 0.6) is 17.2 Å². The third-order valence-corrected chi connectivity index (χ3v) is 9.10. The molecule has 2 N–H and O–H groups in total. The normalized spacial score (nSPS) is 17.5. The van der Waals surface area contributed by atoms with Gasteiger partial charge in [-0.1, -0.05) is 41.9 Å². The maximum absolute atomic E-state index is 13.5. The first-order valence-corrected chi connectivity index (χ1v) is 16.2. The summed E-state index contributed by atoms with van der Waals surface area (Å²) in [5, 5.41) is 9.66. The first kappa shape index (κ1) is 31.8. The average molecular weight is 641 g/mol. The smallest absolute Gasteiger partial charge is 0.142 e. The summed E-state index contributed by atoms with van der Waals surface area (Å²) >= 11 is 6.69. The molecule has 0 amide bonds. The fourth-order valence-corrected chi connectivity index (χ4v) is 6.65. The molecule has 1 aromatic heterocycles. The number of ether oxygens (including phenoxy) is 3. The van der Waals surface area contributed by atoms with Crippen molar-refractivity contribution in [3.05, 3.63) is 105 Å². The molecule has 2 heterocycles. The Hall–Kier alpha value is -4.16. The van der Waals surface area contributed by atoms with Crippen LogP contribution in [0.25, 0.3) is 11.1 Å². The van der Waals surface area contributed by atoms with Crippen molar-refractivity contribution in [1.29, 1.82) is 5.26 Å². The zero-order chi connectivity index (χ0) is 32.0. The molecule has 0 saturated carbocycles. The van der Waals surface area contributed by atoms with E-state index in [0.717, 1.165) is 65.9 Å². The van der Waals surface area contributed by atoms with Gasteiger partial charge in [-0.05, 0) is 78.6 Å². The van der Waals surface area contributed by atoms with Crippen LogP contribution in [0, 0.1) is 18.3 Å². The van der Waals surface area contributed by atoms with Crippen LogP contribution in [0.3, 0.4) is 0 Å². The number of nitriles is 1. The van der Waals surface area contributed by atoms with Gasteiger partial charge >= 0.3 is 0 Å². The van der Waals surface area contributed by atoms with Crippen molar-refractivity contribution in [2.24, 2.45) is 5.73 Å². The van der Waals surface area contributed by atoms with E-state index in [9.17, 15) is 9.65 Å². The molecule has 0 radical (unpaired) electrons. The lowest BCUT2D eigenvalue weighted by molar-refractivity contribution is 0.206. The van der Waals surface area contributed by atoms with Crippen molar-refractivity contribution in [3.8, 4) is 34.4 Å². The third-order valence-electron chi connectivity index (χ3n) is 8.80. The second kappa shape index (κ2) is 14.5. The number of hydrogen-bond donors (Lipinski definition) is 1. The predicted molar refractivity (Wildman–Crippen MR) is 177 cm³/mol. The highest BCUT2D eigenvalue weighted by molar-refractivity contribution is 6.32. The van der Waals surface area contributed by atoms with Gasteiger partial charge < -0.3 is 24.8 Å². The lowest BCUT2D eigenvalue weighted by Gasteiger charge is -2.20. The Kier molecular flexibility index (Phi) is 10.0. The van der Waals surface area contributed by atoms with Gasteiger partial charge in [0, 0.05) is 55.8 Å². The van der Waals surface area contributed by atoms with Crippen LogP contribution in [0.1, 0.15) is 58.7 Å². The first-order chi connectivity index (χ1) is 22.4. The Bertz CT molecular complexity index is 1740. The van der Waals surface area contributed by atoms with Crippen molar-refractivity contribution >= 4 is 11.6 Å². The van der Waals surface area contributed by atoms with Gasteiger partial charge in [-0.3, -0.25) is 4.98 Å². The Morgan fingerprint density at radius 1 is 1.04 bits per heavy atom. The molecule has 7 nitrogen and oxygen atoms in total. The van der Waals surface area contributed by atoms with Crippen LogP contribution in [-0.2, 0) is 19.6 Å². The number of rotatable bonds is 12. The molecule has 1 aliphatic heterocycles. The second-order valence-corrected chi connectivity index (χ2v) is 12.3. The molecule has 6 rings (SSSR count). The van der Waals surface area contributed by atoms with Crippen molar-refractivity contribution in [2.45, 2.75) is 58.0 Å². The van der Waals surface area contributed by atoms with E-state index in [1.807, 2.05) is 12.1 Å². The Labute approximate surface area is 274 Å². The van der Waals surface area contributed by atoms with Crippen LogP contribution in [0.15, 0.2) is 67.0 Å². The summed E-state index contributed by atoms with van der Waals surface area (Å²) < 4.78 is 32.4. The molecular weight excluding hydrogens is 603 g/mol. The van der Waals surface area contributed by atoms with Gasteiger partial charge in [-0.15, -0.1) is 0 Å². The predicted octanol–water partition coefficient (Wildman–Crippen LogP) is 7.50. The number of aromatic nitrogens is 1. The van der Waals surface area contributed by atoms with Crippen LogP contribution < -0.4 is 19.9 Å². The van der Waals surface area contributed by atoms with Crippen molar-refractivity contribution in [2.75, 3.05) is 26.2 Å². The van der Waals surface area contributed by atoms with E-state index in [-0.39, 0.29) is 19.3 Å². The summed E-state index contributed by atoms with van der Waals surface area (Å²) in [6.45, 7) is 5.40. The van der Waals surface area contributed by atoms with Crippen LogP contribution >= 0.6 is 11.6 Å². The minimum Gasteiger partial charge on any atom is -0.493 e. The number of benzene rings is 3. The highest BCUT2D eigenvalue weighted by Gasteiger charge is 2.28. The van der Waals surface area contributed by atoms with Gasteiger partial charge in [-0.2, -0.15) is 5.26 Å². The van der Waals surface area contributed by atoms with Gasteiger partial charge in [0.15, 0.2) is 0 Å². The summed E-state index contributed by atoms with van der Waals surface area (Å²) in [4.78, 5) is 6.28. The largest absolute Gasteiger partial charge is 0.493 e. The molecule has 1 saturated heterocycles. The number of hydrogen-bond acceptors (Lipinski definition) is 7. The van der Waals surface area contributed by atoms with Gasteiger partial charge in [0.05, 0.1) is 17.2 Å². The van der Waals surface area contributed by atoms with Crippen LogP contribution in [0.2, 0.25) is 5.02 Å². The molecule has 238 valence electrons. The fraction of sp³-hybridized carbons (Fsp3) is 0.351. The standard InChI is InChI=1S/C37H38ClFN4O3/c1-24-29(5-3-8-34(24)44-14-4-12-43-13-11-28(39)22-43)30-6-2-7-32-31(30)9-10-35(32)46-37-17-36(27(19-41)16-33(37)38)45-23-26-15-25(18-40)20-42-21-26/h2-3,5-8,15-17,20-21,28,35H,4,9-14,19,22-23,41H2,1H3/t28-,35-/m0/s1. The highest BCUT2D eigenvalue weighted by Crippen LogP contribution is 2.44. The fourth-order valence-electron chi connectivity index (χ4n) is 6.41. The van der Waals surface area contributed by atoms with E-state index in [4.69, 9.17) is 31.5 Å². The van der Waals surface area contributed by atoms with Gasteiger partial charge in [-0.25, -0.2) is 4.39 Å². The Balaban J connectivity index is 1.16. The third kappa shape index (κ3) is 7.13. The zero-order valence-electron chi connectivity index (χ0n) is 26.0. The van der Waals surface area contributed by atoms with Gasteiger partial charge in [0.25, 0.3) is 0 Å². The summed E-state index contributed by atoms with van der Waals surface area (Å²) in [5.41, 5.74) is 13.9. The molecule has 0 spiro atoms. The van der Waals surface area contributed by atoms with Crippen LogP contribution in [0.4, 0.5) is 4.39 Å². The van der Waals surface area contributed by atoms with E-state index in [0.29, 0.717) is 41.7 Å². The van der Waals surface area contributed by atoms with E-state index in [1.165, 1.54) is 17.3 Å². The Morgan fingerprint density at radius 2 is 1.89 bits per heavy atom. The summed E-state index contributed by atoms with van der Waals surface area (Å²) in [5.74, 6) is 1.99. The van der Waals surface area contributed by atoms with Crippen LogP contribution in [-0.4, -0.2) is 42.3 Å². The number of likely N-dealkylation sites (tertiary alicyclic amines) is 1. The minimum absolute atomic E-state index is 0.171. The maximum Gasteiger partial charge on any atom is 0.142 e. The number of halogens is 2. The maximum atomic E-state index is 13.5. The monoisotopic (exact) mass is 640 g/mol. The van der Waals surface area contributed by atoms with Gasteiger partial charge in [0.2, 0.25) is 0 Å². The molecule has 1 aliphatic carbocycles. The van der Waals surface area contributed by atoms with Gasteiger partial charge in [0.1, 0.15) is 42.2 Å². The molecule has 2 aliphatic rings. The van der Waals surface area contributed by atoms with Crippen molar-refractivity contribution in [3.63, 3.8) is 0 Å². The molecule has 9 heteroatoms. The molecule has 2 atom stereocenters. The zero-order valence-corrected chi connectivity index (χ0v) is 26.7. The average Bonchev–Trinajstić information content (AvgIpc) is 3.69. The van der Waals surface area contributed by atoms with E-state index < -0.39 is 6.17 Å². The SMILES string of the molecule is Cc1c(OCCCN2CC[C@H](F)C2)cccc1-c1cccc2c1CC[C@@H]2Oc1cc(OCc2cncc(C#N)c2)c(CN)cc1Cl. The first-order valence-electron chi connectivity index (χ1n) is 15.8. The molecular formula is C37H38ClFN4O3. The van der Waals surface area contributed by atoms with E-state index in [1.54, 1.807) is 24.4 Å². The number of pyridine rings is 1. The molecule has 0 bridgehead atoms. The topological polar surface area (TPSA) is 93.6 Å². The number of nitrogens with two attached hydrogens (primary N) is 1. The minimum atomic E-state index is -0.694. The second-order valence-electron chi connectivity index (χ2n) is 11.9. The molecule has 46 heavy (non-hydrogen) atoms. The van der Waals surface area contributed by atoms with E-state index in [2.05, 4.69) is 47.1 Å². The lowest BCUT2D eigenvalue weighted by atomic mass is 9.93. The molecule has 0 unspecified atom stereocenters. The van der Waals surface area contributed by atoms with E-state index >= 15 is 0 Å². The lowest BCUT2D eigenvalue weighted by Crippen LogP contribution is -2.23. The summed E-state index contributed by atoms with van der Waals surface area (Å²) in [7, 11) is 0. The quantitative estimate of drug-likeness (QED) is 0.160. The molecule has 1 fully saturated rings.